The summed E-state index contributed by atoms with van der Waals surface area (Å²) in [5.41, 5.74) is 19.7. The van der Waals surface area contributed by atoms with Gasteiger partial charge in [0.15, 0.2) is 0 Å². The van der Waals surface area contributed by atoms with Crippen molar-refractivity contribution in [2.24, 2.45) is 0 Å². The fourth-order valence-corrected chi connectivity index (χ4v) is 8.27. The minimum atomic E-state index is 0.0887. The van der Waals surface area contributed by atoms with Crippen molar-refractivity contribution in [1.29, 1.82) is 0 Å². The van der Waals surface area contributed by atoms with E-state index in [4.69, 9.17) is 0 Å². The first-order valence-electron chi connectivity index (χ1n) is 20.3. The zero-order valence-corrected chi connectivity index (χ0v) is 32.9. The van der Waals surface area contributed by atoms with Gasteiger partial charge in [0.25, 0.3) is 0 Å². The first-order chi connectivity index (χ1) is 29.7. The Bertz CT molecular complexity index is 2890. The van der Waals surface area contributed by atoms with E-state index in [1.165, 1.54) is 39.0 Å². The molecule has 0 fully saturated rings. The van der Waals surface area contributed by atoms with Gasteiger partial charge < -0.3 is 0 Å². The van der Waals surface area contributed by atoms with Crippen molar-refractivity contribution in [2.45, 2.75) is 12.3 Å². The highest BCUT2D eigenvalue weighted by molar-refractivity contribution is 5.89. The topological polar surface area (TPSA) is 51.6 Å². The van der Waals surface area contributed by atoms with Gasteiger partial charge in [-0.2, -0.15) is 0 Å². The fraction of sp³-hybridized carbons (Fsp3) is 0.0357. The maximum Gasteiger partial charge on any atom is 0.0346 e. The van der Waals surface area contributed by atoms with Crippen molar-refractivity contribution in [2.75, 3.05) is 0 Å². The molecule has 0 amide bonds. The van der Waals surface area contributed by atoms with E-state index < -0.39 is 0 Å². The predicted octanol–water partition coefficient (Wildman–Crippen LogP) is 13.9. The van der Waals surface area contributed by atoms with Gasteiger partial charge in [-0.05, 0) is 133 Å². The van der Waals surface area contributed by atoms with Crippen LogP contribution in [0.4, 0.5) is 0 Å². The molecule has 60 heavy (non-hydrogen) atoms. The molecule has 9 aromatic rings. The van der Waals surface area contributed by atoms with Crippen LogP contribution in [0, 0.1) is 0 Å². The van der Waals surface area contributed by atoms with Gasteiger partial charge in [0.2, 0.25) is 0 Å². The van der Waals surface area contributed by atoms with E-state index in [9.17, 15) is 0 Å². The van der Waals surface area contributed by atoms with Crippen molar-refractivity contribution in [1.82, 2.24) is 19.9 Å². The molecule has 0 spiro atoms. The third-order valence-corrected chi connectivity index (χ3v) is 11.3. The molecule has 0 N–H and O–H groups in total. The minimum Gasteiger partial charge on any atom is -0.264 e. The van der Waals surface area contributed by atoms with E-state index in [0.29, 0.717) is 0 Å². The molecule has 1 aliphatic carbocycles. The van der Waals surface area contributed by atoms with Crippen LogP contribution in [0.15, 0.2) is 226 Å². The quantitative estimate of drug-likeness (QED) is 0.147. The third kappa shape index (κ3) is 7.87. The van der Waals surface area contributed by atoms with Crippen molar-refractivity contribution in [3.05, 3.63) is 242 Å². The average molecular weight is 769 g/mol. The zero-order valence-electron chi connectivity index (χ0n) is 32.9. The van der Waals surface area contributed by atoms with E-state index in [-0.39, 0.29) is 5.92 Å². The van der Waals surface area contributed by atoms with Gasteiger partial charge in [0.1, 0.15) is 0 Å². The van der Waals surface area contributed by atoms with E-state index >= 15 is 0 Å². The second kappa shape index (κ2) is 16.6. The summed E-state index contributed by atoms with van der Waals surface area (Å²) >= 11 is 0. The van der Waals surface area contributed by atoms with Crippen LogP contribution in [0.2, 0.25) is 0 Å². The highest BCUT2D eigenvalue weighted by Gasteiger charge is 2.22. The molecule has 0 saturated carbocycles. The molecule has 5 aromatic carbocycles. The summed E-state index contributed by atoms with van der Waals surface area (Å²) in [6.45, 7) is 0. The van der Waals surface area contributed by atoms with Crippen LogP contribution >= 0.6 is 0 Å². The van der Waals surface area contributed by atoms with Gasteiger partial charge in [0.05, 0.1) is 0 Å². The van der Waals surface area contributed by atoms with Crippen molar-refractivity contribution >= 4 is 11.1 Å². The number of benzene rings is 5. The van der Waals surface area contributed by atoms with Crippen LogP contribution in [-0.2, 0) is 0 Å². The van der Waals surface area contributed by atoms with Crippen LogP contribution in [0.3, 0.4) is 0 Å². The number of hydrogen-bond donors (Lipinski definition) is 0. The van der Waals surface area contributed by atoms with Gasteiger partial charge >= 0.3 is 0 Å². The Morgan fingerprint density at radius 3 is 1.07 bits per heavy atom. The van der Waals surface area contributed by atoms with Gasteiger partial charge in [0, 0.05) is 77.7 Å². The highest BCUT2D eigenvalue weighted by Crippen LogP contribution is 2.43. The lowest BCUT2D eigenvalue weighted by Gasteiger charge is -2.25. The molecule has 4 heterocycles. The predicted molar refractivity (Wildman–Crippen MR) is 246 cm³/mol. The number of rotatable bonds is 9. The Balaban J connectivity index is 1.13. The Kier molecular flexibility index (Phi) is 10.1. The average Bonchev–Trinajstić information content (AvgIpc) is 3.35. The Morgan fingerprint density at radius 2 is 0.650 bits per heavy atom. The van der Waals surface area contributed by atoms with Gasteiger partial charge in [-0.1, -0.05) is 121 Å². The molecule has 1 unspecified atom stereocenters. The fourth-order valence-electron chi connectivity index (χ4n) is 8.27. The maximum atomic E-state index is 4.42. The van der Waals surface area contributed by atoms with E-state index in [2.05, 4.69) is 172 Å². The molecule has 284 valence electrons. The third-order valence-electron chi connectivity index (χ3n) is 11.3. The summed E-state index contributed by atoms with van der Waals surface area (Å²) in [6, 6.07) is 59.0. The smallest absolute Gasteiger partial charge is 0.0346 e. The standard InChI is InChI=1S/C56H40N4/c1-9-39(47-17-5-21-57-35-47)25-43(13-1)51-29-52(44-14-2-10-40(26-44)48-18-6-22-58-36-48)32-55(31-51)56-33-53(45-15-3-11-41(27-45)49-19-7-23-59-37-49)30-54(34-56)46-16-4-12-42(28-46)50-20-8-24-60-38-50/h1-33,35-38,56H,34H2. The normalized spacial score (nSPS) is 13.6. The molecule has 0 radical (unpaired) electrons. The molecule has 4 nitrogen and oxygen atoms in total. The van der Waals surface area contributed by atoms with Crippen LogP contribution in [0.5, 0.6) is 0 Å². The SMILES string of the molecule is C1=C(c2cccc(-c3cccnc3)c2)C=C(c2cccc(-c3cccnc3)c2)CC1c1cc(-c2cccc(-c3cccnc3)c2)cc(-c2cccc(-c3cccnc3)c2)c1. The first-order valence-corrected chi connectivity index (χ1v) is 20.3. The molecule has 4 heteroatoms. The lowest BCUT2D eigenvalue weighted by molar-refractivity contribution is 0.871. The molecule has 0 saturated heterocycles. The lowest BCUT2D eigenvalue weighted by atomic mass is 9.79. The summed E-state index contributed by atoms with van der Waals surface area (Å²) in [6.07, 6.45) is 20.7. The molecule has 1 aliphatic rings. The number of nitrogens with zero attached hydrogens (tertiary/aromatic N) is 4. The number of allylic oxidation sites excluding steroid dienone is 4. The summed E-state index contributed by atoms with van der Waals surface area (Å²) < 4.78 is 0. The number of hydrogen-bond acceptors (Lipinski definition) is 4. The zero-order chi connectivity index (χ0) is 40.1. The Hall–Kier alpha value is -7.82. The van der Waals surface area contributed by atoms with Crippen LogP contribution in [0.25, 0.3) is 77.9 Å². The van der Waals surface area contributed by atoms with Gasteiger partial charge in [-0.15, -0.1) is 0 Å². The summed E-state index contributed by atoms with van der Waals surface area (Å²) in [4.78, 5) is 17.7. The number of pyridine rings is 4. The molecular weight excluding hydrogens is 729 g/mol. The highest BCUT2D eigenvalue weighted by atomic mass is 14.6. The van der Waals surface area contributed by atoms with Crippen molar-refractivity contribution in [3.8, 4) is 66.8 Å². The maximum absolute atomic E-state index is 4.42. The van der Waals surface area contributed by atoms with Gasteiger partial charge in [-0.3, -0.25) is 19.9 Å². The Labute approximate surface area is 351 Å². The summed E-state index contributed by atoms with van der Waals surface area (Å²) in [5.74, 6) is 0.0887. The first kappa shape index (κ1) is 36.5. The van der Waals surface area contributed by atoms with Crippen molar-refractivity contribution < 1.29 is 0 Å². The molecule has 0 bridgehead atoms. The second-order valence-corrected chi connectivity index (χ2v) is 15.2. The molecule has 1 atom stereocenters. The lowest BCUT2D eigenvalue weighted by Crippen LogP contribution is -2.05. The molecule has 4 aromatic heterocycles. The van der Waals surface area contributed by atoms with Crippen LogP contribution < -0.4 is 0 Å². The second-order valence-electron chi connectivity index (χ2n) is 15.2. The summed E-state index contributed by atoms with van der Waals surface area (Å²) in [5, 5.41) is 0. The van der Waals surface area contributed by atoms with Crippen LogP contribution in [0.1, 0.15) is 29.0 Å². The van der Waals surface area contributed by atoms with Gasteiger partial charge in [-0.25, -0.2) is 0 Å². The molecule has 0 aliphatic heterocycles. The van der Waals surface area contributed by atoms with E-state index in [1.54, 1.807) is 0 Å². The Morgan fingerprint density at radius 1 is 0.317 bits per heavy atom. The van der Waals surface area contributed by atoms with Crippen LogP contribution in [-0.4, -0.2) is 19.9 Å². The molecular formula is C56H40N4. The summed E-state index contributed by atoms with van der Waals surface area (Å²) in [7, 11) is 0. The van der Waals surface area contributed by atoms with E-state index in [0.717, 1.165) is 62.1 Å². The monoisotopic (exact) mass is 768 g/mol. The molecule has 10 rings (SSSR count). The van der Waals surface area contributed by atoms with E-state index in [1.807, 2.05) is 73.8 Å². The minimum absolute atomic E-state index is 0.0887. The largest absolute Gasteiger partial charge is 0.264 e. The van der Waals surface area contributed by atoms with Crippen molar-refractivity contribution in [3.63, 3.8) is 0 Å². The number of aromatic nitrogens is 4.